The summed E-state index contributed by atoms with van der Waals surface area (Å²) in [5.41, 5.74) is 0.631. The van der Waals surface area contributed by atoms with E-state index in [0.29, 0.717) is 24.3 Å². The van der Waals surface area contributed by atoms with Crippen LogP contribution in [0.4, 0.5) is 4.39 Å². The largest absolute Gasteiger partial charge is 0.355 e. The zero-order valence-electron chi connectivity index (χ0n) is 10.4. The Kier molecular flexibility index (Phi) is 5.72. The molecule has 19 heavy (non-hydrogen) atoms. The lowest BCUT2D eigenvalue weighted by Crippen LogP contribution is -2.27. The average Bonchev–Trinajstić information content (AvgIpc) is 2.92. The molecule has 3 nitrogen and oxygen atoms in total. The molecule has 0 spiro atoms. The Hall–Kier alpha value is -1.01. The predicted octanol–water partition coefficient (Wildman–Crippen LogP) is 2.32. The minimum atomic E-state index is -0.220. The molecule has 0 fully saturated rings. The quantitative estimate of drug-likeness (QED) is 0.907. The van der Waals surface area contributed by atoms with Crippen molar-refractivity contribution in [3.63, 3.8) is 0 Å². The monoisotopic (exact) mass is 298 g/mol. The van der Waals surface area contributed by atoms with Crippen LogP contribution in [0.2, 0.25) is 0 Å². The molecule has 0 radical (unpaired) electrons. The molecule has 1 N–H and O–H groups in total. The summed E-state index contributed by atoms with van der Waals surface area (Å²) in [6.45, 7) is 1.31. The summed E-state index contributed by atoms with van der Waals surface area (Å²) < 4.78 is 14.3. The van der Waals surface area contributed by atoms with Crippen molar-refractivity contribution >= 4 is 33.8 Å². The Morgan fingerprint density at radius 3 is 3.05 bits per heavy atom. The van der Waals surface area contributed by atoms with Gasteiger partial charge in [-0.1, -0.05) is 41.7 Å². The SMILES string of the molecule is O=C(CSC1=NCCS1)NCCc1ccccc1F. The van der Waals surface area contributed by atoms with Gasteiger partial charge in [0.2, 0.25) is 5.91 Å². The highest BCUT2D eigenvalue weighted by atomic mass is 32.2. The normalized spacial score (nSPS) is 14.3. The molecule has 0 saturated carbocycles. The summed E-state index contributed by atoms with van der Waals surface area (Å²) in [6.07, 6.45) is 0.513. The van der Waals surface area contributed by atoms with Gasteiger partial charge in [0.15, 0.2) is 0 Å². The van der Waals surface area contributed by atoms with Crippen molar-refractivity contribution in [2.24, 2.45) is 4.99 Å². The number of thioether (sulfide) groups is 2. The van der Waals surface area contributed by atoms with E-state index in [4.69, 9.17) is 0 Å². The molecule has 0 unspecified atom stereocenters. The molecule has 0 saturated heterocycles. The van der Waals surface area contributed by atoms with Gasteiger partial charge in [-0.25, -0.2) is 4.39 Å². The fourth-order valence-corrected chi connectivity index (χ4v) is 3.46. The Balaban J connectivity index is 1.65. The van der Waals surface area contributed by atoms with E-state index in [2.05, 4.69) is 10.3 Å². The van der Waals surface area contributed by atoms with Gasteiger partial charge in [0, 0.05) is 12.3 Å². The van der Waals surface area contributed by atoms with E-state index in [1.807, 2.05) is 0 Å². The Morgan fingerprint density at radius 1 is 1.47 bits per heavy atom. The number of hydrogen-bond acceptors (Lipinski definition) is 4. The topological polar surface area (TPSA) is 41.5 Å². The van der Waals surface area contributed by atoms with E-state index in [0.717, 1.165) is 16.7 Å². The van der Waals surface area contributed by atoms with Gasteiger partial charge in [0.25, 0.3) is 0 Å². The van der Waals surface area contributed by atoms with E-state index >= 15 is 0 Å². The van der Waals surface area contributed by atoms with Gasteiger partial charge >= 0.3 is 0 Å². The van der Waals surface area contributed by atoms with Crippen LogP contribution in [-0.4, -0.2) is 34.9 Å². The van der Waals surface area contributed by atoms with Gasteiger partial charge < -0.3 is 5.32 Å². The van der Waals surface area contributed by atoms with Crippen LogP contribution >= 0.6 is 23.5 Å². The molecular weight excluding hydrogens is 283 g/mol. The van der Waals surface area contributed by atoms with Crippen LogP contribution in [0, 0.1) is 5.82 Å². The van der Waals surface area contributed by atoms with Crippen molar-refractivity contribution in [2.75, 3.05) is 24.6 Å². The Morgan fingerprint density at radius 2 is 2.32 bits per heavy atom. The molecule has 102 valence electrons. The van der Waals surface area contributed by atoms with Crippen molar-refractivity contribution in [1.82, 2.24) is 5.32 Å². The zero-order valence-corrected chi connectivity index (χ0v) is 12.0. The van der Waals surface area contributed by atoms with E-state index in [-0.39, 0.29) is 11.7 Å². The zero-order chi connectivity index (χ0) is 13.5. The molecule has 6 heteroatoms. The lowest BCUT2D eigenvalue weighted by Gasteiger charge is -2.05. The van der Waals surface area contributed by atoms with Crippen LogP contribution in [-0.2, 0) is 11.2 Å². The standard InChI is InChI=1S/C13H15FN2OS2/c14-11-4-2-1-3-10(11)5-6-15-12(17)9-19-13-16-7-8-18-13/h1-4H,5-9H2,(H,15,17). The Labute approximate surface area is 120 Å². The first-order chi connectivity index (χ1) is 9.25. The fourth-order valence-electron chi connectivity index (χ4n) is 1.62. The highest BCUT2D eigenvalue weighted by molar-refractivity contribution is 8.39. The van der Waals surface area contributed by atoms with Crippen LogP contribution in [0.1, 0.15) is 5.56 Å². The average molecular weight is 298 g/mol. The third-order valence-corrected chi connectivity index (χ3v) is 4.81. The third kappa shape index (κ3) is 4.87. The molecule has 1 aromatic rings. The first-order valence-corrected chi connectivity index (χ1v) is 8.03. The maximum Gasteiger partial charge on any atom is 0.230 e. The van der Waals surface area contributed by atoms with Gasteiger partial charge in [-0.2, -0.15) is 0 Å². The maximum absolute atomic E-state index is 13.3. The minimum Gasteiger partial charge on any atom is -0.355 e. The summed E-state index contributed by atoms with van der Waals surface area (Å²) in [5, 5.41) is 2.79. The maximum atomic E-state index is 13.3. The van der Waals surface area contributed by atoms with E-state index in [1.165, 1.54) is 17.8 Å². The summed E-state index contributed by atoms with van der Waals surface area (Å²) in [5.74, 6) is 1.14. The highest BCUT2D eigenvalue weighted by Crippen LogP contribution is 2.21. The second-order valence-electron chi connectivity index (χ2n) is 3.98. The number of rotatable bonds is 5. The van der Waals surface area contributed by atoms with Crippen LogP contribution in [0.15, 0.2) is 29.3 Å². The summed E-state index contributed by atoms with van der Waals surface area (Å²) in [7, 11) is 0. The van der Waals surface area contributed by atoms with E-state index in [9.17, 15) is 9.18 Å². The third-order valence-electron chi connectivity index (χ3n) is 2.56. The number of carbonyl (C=O) groups is 1. The second kappa shape index (κ2) is 7.55. The number of aliphatic imine (C=N–C) groups is 1. The van der Waals surface area contributed by atoms with Crippen molar-refractivity contribution in [3.05, 3.63) is 35.6 Å². The molecule has 1 aromatic carbocycles. The first kappa shape index (κ1) is 14.4. The number of hydrogen-bond donors (Lipinski definition) is 1. The molecule has 1 aliphatic rings. The van der Waals surface area contributed by atoms with E-state index in [1.54, 1.807) is 30.0 Å². The lowest BCUT2D eigenvalue weighted by atomic mass is 10.1. The number of carbonyl (C=O) groups excluding carboxylic acids is 1. The van der Waals surface area contributed by atoms with Crippen LogP contribution in [0.5, 0.6) is 0 Å². The first-order valence-electron chi connectivity index (χ1n) is 6.06. The van der Waals surface area contributed by atoms with Crippen molar-refractivity contribution in [2.45, 2.75) is 6.42 Å². The van der Waals surface area contributed by atoms with Gasteiger partial charge in [0.1, 0.15) is 10.2 Å². The van der Waals surface area contributed by atoms with Gasteiger partial charge in [-0.15, -0.1) is 0 Å². The van der Waals surface area contributed by atoms with Gasteiger partial charge in [-0.3, -0.25) is 9.79 Å². The lowest BCUT2D eigenvalue weighted by molar-refractivity contribution is -0.118. The molecule has 1 heterocycles. The van der Waals surface area contributed by atoms with Crippen LogP contribution in [0.3, 0.4) is 0 Å². The van der Waals surface area contributed by atoms with Crippen LogP contribution < -0.4 is 5.32 Å². The fraction of sp³-hybridized carbons (Fsp3) is 0.385. The van der Waals surface area contributed by atoms with Crippen LogP contribution in [0.25, 0.3) is 0 Å². The molecule has 0 aliphatic carbocycles. The molecule has 0 aromatic heterocycles. The Bertz CT molecular complexity index is 479. The van der Waals surface area contributed by atoms with E-state index < -0.39 is 0 Å². The second-order valence-corrected chi connectivity index (χ2v) is 6.28. The molecular formula is C13H15FN2OS2. The van der Waals surface area contributed by atoms with Gasteiger partial charge in [0.05, 0.1) is 12.3 Å². The number of halogens is 1. The number of benzene rings is 1. The smallest absolute Gasteiger partial charge is 0.230 e. The van der Waals surface area contributed by atoms with Crippen molar-refractivity contribution in [1.29, 1.82) is 0 Å². The molecule has 2 rings (SSSR count). The van der Waals surface area contributed by atoms with Crippen molar-refractivity contribution in [3.8, 4) is 0 Å². The summed E-state index contributed by atoms with van der Waals surface area (Å²) >= 11 is 3.16. The molecule has 0 bridgehead atoms. The van der Waals surface area contributed by atoms with Gasteiger partial charge in [-0.05, 0) is 18.1 Å². The number of nitrogens with one attached hydrogen (secondary N) is 1. The minimum absolute atomic E-state index is 0.0310. The highest BCUT2D eigenvalue weighted by Gasteiger charge is 2.10. The number of amides is 1. The molecule has 1 amide bonds. The predicted molar refractivity (Wildman–Crippen MR) is 80.3 cm³/mol. The molecule has 0 atom stereocenters. The summed E-state index contributed by atoms with van der Waals surface area (Å²) in [6, 6.07) is 6.63. The summed E-state index contributed by atoms with van der Waals surface area (Å²) in [4.78, 5) is 15.8. The van der Waals surface area contributed by atoms with Crippen molar-refractivity contribution < 1.29 is 9.18 Å². The molecule has 1 aliphatic heterocycles. The number of nitrogens with zero attached hydrogens (tertiary/aromatic N) is 1.